The lowest BCUT2D eigenvalue weighted by Crippen LogP contribution is -2.28. The van der Waals surface area contributed by atoms with Crippen LogP contribution in [0.2, 0.25) is 0 Å². The first-order valence-corrected chi connectivity index (χ1v) is 11.5. The van der Waals surface area contributed by atoms with E-state index in [4.69, 9.17) is 0 Å². The van der Waals surface area contributed by atoms with Crippen molar-refractivity contribution in [3.05, 3.63) is 92.9 Å². The van der Waals surface area contributed by atoms with E-state index >= 15 is 0 Å². The minimum Gasteiger partial charge on any atom is -0.350 e. The van der Waals surface area contributed by atoms with E-state index in [9.17, 15) is 24.1 Å². The van der Waals surface area contributed by atoms with Gasteiger partial charge in [0.1, 0.15) is 18.2 Å². The van der Waals surface area contributed by atoms with Gasteiger partial charge >= 0.3 is 0 Å². The van der Waals surface area contributed by atoms with Crippen molar-refractivity contribution in [2.24, 2.45) is 0 Å². The number of nitro groups is 1. The Hall–Kier alpha value is -3.99. The number of amides is 2. The number of hydrogen-bond acceptors (Lipinski definition) is 6. The first kappa shape index (κ1) is 23.2. The number of fused-ring (bicyclic) bond motifs is 1. The molecule has 4 rings (SSSR count). The van der Waals surface area contributed by atoms with Gasteiger partial charge in [-0.3, -0.25) is 19.7 Å². The molecular weight excluding hydrogens is 461 g/mol. The van der Waals surface area contributed by atoms with Gasteiger partial charge < -0.3 is 10.6 Å². The van der Waals surface area contributed by atoms with Crippen molar-refractivity contribution < 1.29 is 18.9 Å². The summed E-state index contributed by atoms with van der Waals surface area (Å²) in [6.45, 7) is 0.163. The fraction of sp³-hybridized carbons (Fsp3) is 0.174. The summed E-state index contributed by atoms with van der Waals surface area (Å²) >= 11 is 1.67. The van der Waals surface area contributed by atoms with Crippen molar-refractivity contribution in [2.45, 2.75) is 24.6 Å². The highest BCUT2D eigenvalue weighted by molar-refractivity contribution is 7.98. The molecule has 1 aliphatic rings. The summed E-state index contributed by atoms with van der Waals surface area (Å²) in [4.78, 5) is 35.3. The van der Waals surface area contributed by atoms with Crippen molar-refractivity contribution in [2.75, 3.05) is 5.32 Å². The smallest absolute Gasteiger partial charge is 0.269 e. The molecule has 2 aromatic carbocycles. The number of carbonyl (C=O) groups excluding carboxylic acids is 2. The predicted octanol–water partition coefficient (Wildman–Crippen LogP) is 3.65. The summed E-state index contributed by atoms with van der Waals surface area (Å²) in [5, 5.41) is 20.8. The largest absolute Gasteiger partial charge is 0.350 e. The van der Waals surface area contributed by atoms with Gasteiger partial charge in [-0.15, -0.1) is 0 Å². The van der Waals surface area contributed by atoms with Gasteiger partial charge in [-0.1, -0.05) is 12.1 Å². The molecule has 2 amide bonds. The fourth-order valence-corrected chi connectivity index (χ4v) is 4.39. The zero-order valence-corrected chi connectivity index (χ0v) is 18.7. The van der Waals surface area contributed by atoms with Gasteiger partial charge in [-0.2, -0.15) is 16.9 Å². The van der Waals surface area contributed by atoms with Crippen molar-refractivity contribution in [1.29, 1.82) is 0 Å². The number of benzene rings is 2. The maximum absolute atomic E-state index is 13.0. The van der Waals surface area contributed by atoms with Crippen LogP contribution in [0.15, 0.2) is 54.6 Å². The minimum atomic E-state index is -0.490. The SMILES string of the molecule is O=C(/C=C\c1ccc([N+](=O)[O-])cc1)Nc1c2c(nn1CC(=O)NCc1ccc(F)cc1)CSC2. The Balaban J connectivity index is 1.41. The second kappa shape index (κ2) is 10.3. The maximum atomic E-state index is 13.0. The Labute approximate surface area is 198 Å². The number of rotatable bonds is 8. The van der Waals surface area contributed by atoms with Crippen LogP contribution in [0.5, 0.6) is 0 Å². The Morgan fingerprint density at radius 3 is 2.59 bits per heavy atom. The molecule has 11 heteroatoms. The third-order valence-electron chi connectivity index (χ3n) is 5.09. The normalized spacial score (nSPS) is 12.5. The Morgan fingerprint density at radius 2 is 1.88 bits per heavy atom. The summed E-state index contributed by atoms with van der Waals surface area (Å²) in [5.41, 5.74) is 3.07. The van der Waals surface area contributed by atoms with Gasteiger partial charge in [-0.25, -0.2) is 9.07 Å². The number of aromatic nitrogens is 2. The van der Waals surface area contributed by atoms with Gasteiger partial charge in [0.05, 0.1) is 10.6 Å². The second-order valence-electron chi connectivity index (χ2n) is 7.50. The lowest BCUT2D eigenvalue weighted by Gasteiger charge is -2.10. The van der Waals surface area contributed by atoms with E-state index < -0.39 is 10.8 Å². The summed E-state index contributed by atoms with van der Waals surface area (Å²) in [6.07, 6.45) is 2.87. The molecule has 0 atom stereocenters. The molecule has 0 saturated heterocycles. The maximum Gasteiger partial charge on any atom is 0.269 e. The predicted molar refractivity (Wildman–Crippen MR) is 126 cm³/mol. The summed E-state index contributed by atoms with van der Waals surface area (Å²) < 4.78 is 14.5. The van der Waals surface area contributed by atoms with Crippen LogP contribution < -0.4 is 10.6 Å². The Kier molecular flexibility index (Phi) is 7.02. The standard InChI is InChI=1S/C23H20FN5O4S/c24-17-6-1-16(2-7-17)11-25-22(31)12-28-23(19-13-34-14-20(19)27-28)26-21(30)10-5-15-3-8-18(9-4-15)29(32)33/h1-10H,11-14H2,(H,25,31)(H,26,30)/b10-5-. The molecule has 0 bridgehead atoms. The van der Waals surface area contributed by atoms with E-state index in [-0.39, 0.29) is 30.5 Å². The van der Waals surface area contributed by atoms with Crippen LogP contribution in [0.4, 0.5) is 15.9 Å². The van der Waals surface area contributed by atoms with Gasteiger partial charge in [0, 0.05) is 41.8 Å². The fourth-order valence-electron chi connectivity index (χ4n) is 3.35. The lowest BCUT2D eigenvalue weighted by molar-refractivity contribution is -0.384. The Bertz CT molecular complexity index is 1260. The van der Waals surface area contributed by atoms with Crippen LogP contribution in [-0.4, -0.2) is 26.5 Å². The molecule has 2 heterocycles. The monoisotopic (exact) mass is 481 g/mol. The zero-order valence-electron chi connectivity index (χ0n) is 17.9. The molecule has 9 nitrogen and oxygen atoms in total. The van der Waals surface area contributed by atoms with Crippen LogP contribution in [0.3, 0.4) is 0 Å². The summed E-state index contributed by atoms with van der Waals surface area (Å²) in [6, 6.07) is 11.7. The number of nitrogens with zero attached hydrogens (tertiary/aromatic N) is 3. The zero-order chi connectivity index (χ0) is 24.1. The van der Waals surface area contributed by atoms with Crippen LogP contribution in [-0.2, 0) is 34.2 Å². The van der Waals surface area contributed by atoms with Gasteiger partial charge in [-0.05, 0) is 41.5 Å². The van der Waals surface area contributed by atoms with Crippen molar-refractivity contribution in [3.63, 3.8) is 0 Å². The lowest BCUT2D eigenvalue weighted by atomic mass is 10.2. The molecule has 0 fully saturated rings. The van der Waals surface area contributed by atoms with Gasteiger partial charge in [0.15, 0.2) is 0 Å². The molecule has 2 N–H and O–H groups in total. The molecule has 0 unspecified atom stereocenters. The number of anilines is 1. The molecule has 0 spiro atoms. The quantitative estimate of drug-likeness (QED) is 0.288. The number of nitro benzene ring substituents is 1. The third-order valence-corrected chi connectivity index (χ3v) is 6.06. The van der Waals surface area contributed by atoms with Crippen LogP contribution in [0, 0.1) is 15.9 Å². The average Bonchev–Trinajstić information content (AvgIpc) is 3.40. The van der Waals surface area contributed by atoms with Crippen molar-refractivity contribution >= 4 is 41.2 Å². The summed E-state index contributed by atoms with van der Waals surface area (Å²) in [5.74, 6) is 0.785. The number of nitrogens with one attached hydrogen (secondary N) is 2. The first-order chi connectivity index (χ1) is 16.4. The third kappa shape index (κ3) is 5.67. The van der Waals surface area contributed by atoms with E-state index in [1.165, 1.54) is 35.0 Å². The van der Waals surface area contributed by atoms with Crippen molar-refractivity contribution in [3.8, 4) is 0 Å². The average molecular weight is 482 g/mol. The highest BCUT2D eigenvalue weighted by Crippen LogP contribution is 2.34. The van der Waals surface area contributed by atoms with E-state index in [1.54, 1.807) is 42.1 Å². The topological polar surface area (TPSA) is 119 Å². The highest BCUT2D eigenvalue weighted by Gasteiger charge is 2.24. The van der Waals surface area contributed by atoms with Gasteiger partial charge in [0.25, 0.3) is 5.69 Å². The first-order valence-electron chi connectivity index (χ1n) is 10.3. The number of thioether (sulfide) groups is 1. The molecule has 0 radical (unpaired) electrons. The van der Waals surface area contributed by atoms with E-state index in [1.807, 2.05) is 0 Å². The van der Waals surface area contributed by atoms with Gasteiger partial charge in [0.2, 0.25) is 11.8 Å². The number of halogens is 1. The summed E-state index contributed by atoms with van der Waals surface area (Å²) in [7, 11) is 0. The molecule has 3 aromatic rings. The van der Waals surface area contributed by atoms with E-state index in [0.29, 0.717) is 22.9 Å². The van der Waals surface area contributed by atoms with E-state index in [0.717, 1.165) is 16.8 Å². The van der Waals surface area contributed by atoms with Crippen LogP contribution >= 0.6 is 11.8 Å². The Morgan fingerprint density at radius 1 is 1.15 bits per heavy atom. The molecule has 1 aliphatic heterocycles. The van der Waals surface area contributed by atoms with Crippen molar-refractivity contribution in [1.82, 2.24) is 15.1 Å². The highest BCUT2D eigenvalue weighted by atomic mass is 32.2. The molecule has 1 aromatic heterocycles. The molecule has 0 aliphatic carbocycles. The van der Waals surface area contributed by atoms with E-state index in [2.05, 4.69) is 15.7 Å². The molecule has 34 heavy (non-hydrogen) atoms. The second-order valence-corrected chi connectivity index (χ2v) is 8.48. The molecule has 174 valence electrons. The number of hydrogen-bond donors (Lipinski definition) is 2. The van der Waals surface area contributed by atoms with Crippen LogP contribution in [0.25, 0.3) is 6.08 Å². The molecule has 0 saturated carbocycles. The van der Waals surface area contributed by atoms with Crippen LogP contribution in [0.1, 0.15) is 22.4 Å². The minimum absolute atomic E-state index is 0.0312. The number of carbonyl (C=O) groups is 2. The molecular formula is C23H20FN5O4S. The number of non-ortho nitro benzene ring substituents is 1.